The molecule has 0 atom stereocenters. The lowest BCUT2D eigenvalue weighted by Gasteiger charge is -2.25. The average Bonchev–Trinajstić information content (AvgIpc) is 2.78. The van der Waals surface area contributed by atoms with Gasteiger partial charge in [0.25, 0.3) is 0 Å². The van der Waals surface area contributed by atoms with E-state index in [9.17, 15) is 9.90 Å². The van der Waals surface area contributed by atoms with E-state index >= 15 is 0 Å². The number of ether oxygens (including phenoxy) is 1. The number of aromatic carboxylic acids is 1. The summed E-state index contributed by atoms with van der Waals surface area (Å²) in [7, 11) is 0. The smallest absolute Gasteiger partial charge is 0.341 e. The van der Waals surface area contributed by atoms with E-state index in [1.165, 1.54) is 19.3 Å². The Kier molecular flexibility index (Phi) is 3.40. The van der Waals surface area contributed by atoms with Crippen molar-refractivity contribution in [1.82, 2.24) is 4.98 Å². The van der Waals surface area contributed by atoms with Crippen molar-refractivity contribution in [2.75, 3.05) is 6.61 Å². The molecule has 4 heteroatoms. The minimum absolute atomic E-state index is 0.217. The monoisotopic (exact) mass is 261 g/mol. The summed E-state index contributed by atoms with van der Waals surface area (Å²) in [5.41, 5.74) is 2.31. The third-order valence-electron chi connectivity index (χ3n) is 4.24. The Morgan fingerprint density at radius 1 is 1.37 bits per heavy atom. The zero-order valence-corrected chi connectivity index (χ0v) is 11.0. The van der Waals surface area contributed by atoms with Crippen molar-refractivity contribution < 1.29 is 14.6 Å². The fourth-order valence-electron chi connectivity index (χ4n) is 2.82. The maximum absolute atomic E-state index is 11.3. The molecular weight excluding hydrogens is 242 g/mol. The highest BCUT2D eigenvalue weighted by Crippen LogP contribution is 2.30. The summed E-state index contributed by atoms with van der Waals surface area (Å²) >= 11 is 0. The standard InChI is InChI=1S/C15H19NO3/c17-15(18)12-9-11-5-2-6-13(11)16-14(12)19-8-7-10-3-1-4-10/h9-10H,1-8H2,(H,17,18). The molecule has 0 amide bonds. The summed E-state index contributed by atoms with van der Waals surface area (Å²) in [6, 6.07) is 1.75. The number of aryl methyl sites for hydroxylation is 2. The number of carbonyl (C=O) groups is 1. The lowest BCUT2D eigenvalue weighted by Crippen LogP contribution is -2.16. The first-order chi connectivity index (χ1) is 9.24. The second kappa shape index (κ2) is 5.19. The molecule has 1 fully saturated rings. The van der Waals surface area contributed by atoms with Crippen molar-refractivity contribution in [2.45, 2.75) is 44.9 Å². The number of aromatic nitrogens is 1. The van der Waals surface area contributed by atoms with Crippen LogP contribution in [0.2, 0.25) is 0 Å². The number of pyridine rings is 1. The largest absolute Gasteiger partial charge is 0.477 e. The molecule has 0 bridgehead atoms. The van der Waals surface area contributed by atoms with Gasteiger partial charge < -0.3 is 9.84 Å². The van der Waals surface area contributed by atoms with Crippen molar-refractivity contribution >= 4 is 5.97 Å². The molecule has 1 N–H and O–H groups in total. The Balaban J connectivity index is 1.72. The van der Waals surface area contributed by atoms with Crippen LogP contribution >= 0.6 is 0 Å². The molecule has 0 unspecified atom stereocenters. The Morgan fingerprint density at radius 3 is 2.89 bits per heavy atom. The third kappa shape index (κ3) is 2.57. The van der Waals surface area contributed by atoms with Crippen LogP contribution in [-0.4, -0.2) is 22.7 Å². The molecule has 1 aromatic rings. The molecule has 1 heterocycles. The van der Waals surface area contributed by atoms with Gasteiger partial charge in [0.05, 0.1) is 6.61 Å². The molecule has 0 aromatic carbocycles. The molecule has 1 aromatic heterocycles. The van der Waals surface area contributed by atoms with Gasteiger partial charge in [0.1, 0.15) is 5.56 Å². The van der Waals surface area contributed by atoms with Gasteiger partial charge in [0.2, 0.25) is 5.88 Å². The maximum Gasteiger partial charge on any atom is 0.341 e. The van der Waals surface area contributed by atoms with Crippen molar-refractivity contribution in [3.8, 4) is 5.88 Å². The van der Waals surface area contributed by atoms with Gasteiger partial charge in [-0.15, -0.1) is 0 Å². The fourth-order valence-corrected chi connectivity index (χ4v) is 2.82. The van der Waals surface area contributed by atoms with Gasteiger partial charge in [-0.05, 0) is 43.2 Å². The van der Waals surface area contributed by atoms with E-state index < -0.39 is 5.97 Å². The van der Waals surface area contributed by atoms with Crippen LogP contribution in [0.15, 0.2) is 6.07 Å². The fraction of sp³-hybridized carbons (Fsp3) is 0.600. The highest BCUT2D eigenvalue weighted by Gasteiger charge is 2.22. The lowest BCUT2D eigenvalue weighted by atomic mass is 9.83. The Morgan fingerprint density at radius 2 is 2.21 bits per heavy atom. The summed E-state index contributed by atoms with van der Waals surface area (Å²) in [6.07, 6.45) is 7.84. The van der Waals surface area contributed by atoms with Crippen molar-refractivity contribution in [2.24, 2.45) is 5.92 Å². The van der Waals surface area contributed by atoms with Gasteiger partial charge in [0.15, 0.2) is 0 Å². The van der Waals surface area contributed by atoms with Crippen molar-refractivity contribution in [1.29, 1.82) is 0 Å². The summed E-state index contributed by atoms with van der Waals surface area (Å²) in [5.74, 6) is 0.135. The Labute approximate surface area is 112 Å². The van der Waals surface area contributed by atoms with Crippen LogP contribution in [-0.2, 0) is 12.8 Å². The molecular formula is C15H19NO3. The minimum Gasteiger partial charge on any atom is -0.477 e. The van der Waals surface area contributed by atoms with E-state index in [-0.39, 0.29) is 5.56 Å². The number of carboxylic acids is 1. The van der Waals surface area contributed by atoms with Crippen LogP contribution in [0.4, 0.5) is 0 Å². The van der Waals surface area contributed by atoms with E-state index in [1.807, 2.05) is 0 Å². The molecule has 0 saturated heterocycles. The van der Waals surface area contributed by atoms with Gasteiger partial charge in [-0.3, -0.25) is 0 Å². The molecule has 3 rings (SSSR count). The van der Waals surface area contributed by atoms with Crippen LogP contribution in [0.25, 0.3) is 0 Å². The quantitative estimate of drug-likeness (QED) is 0.885. The molecule has 102 valence electrons. The predicted molar refractivity (Wildman–Crippen MR) is 70.7 cm³/mol. The first-order valence-corrected chi connectivity index (χ1v) is 7.13. The maximum atomic E-state index is 11.3. The second-order valence-corrected chi connectivity index (χ2v) is 5.54. The summed E-state index contributed by atoms with van der Waals surface area (Å²) < 4.78 is 5.64. The van der Waals surface area contributed by atoms with Crippen LogP contribution in [0, 0.1) is 5.92 Å². The number of fused-ring (bicyclic) bond motifs is 1. The van der Waals surface area contributed by atoms with E-state index in [1.54, 1.807) is 6.07 Å². The summed E-state index contributed by atoms with van der Waals surface area (Å²) in [4.78, 5) is 15.7. The molecule has 2 aliphatic rings. The predicted octanol–water partition coefficient (Wildman–Crippen LogP) is 2.84. The molecule has 0 radical (unpaired) electrons. The van der Waals surface area contributed by atoms with Crippen LogP contribution in [0.5, 0.6) is 5.88 Å². The number of carboxylic acid groups (broad SMARTS) is 1. The Bertz CT molecular complexity index is 494. The number of nitrogens with zero attached hydrogens (tertiary/aromatic N) is 1. The van der Waals surface area contributed by atoms with E-state index in [0.29, 0.717) is 12.5 Å². The highest BCUT2D eigenvalue weighted by atomic mass is 16.5. The van der Waals surface area contributed by atoms with Crippen LogP contribution in [0.1, 0.15) is 53.7 Å². The molecule has 0 spiro atoms. The average molecular weight is 261 g/mol. The normalized spacial score (nSPS) is 17.9. The molecule has 4 nitrogen and oxygen atoms in total. The van der Waals surface area contributed by atoms with E-state index in [2.05, 4.69) is 4.98 Å². The van der Waals surface area contributed by atoms with Gasteiger partial charge in [-0.1, -0.05) is 19.3 Å². The first-order valence-electron chi connectivity index (χ1n) is 7.13. The number of rotatable bonds is 5. The van der Waals surface area contributed by atoms with Gasteiger partial charge in [0, 0.05) is 5.69 Å². The summed E-state index contributed by atoms with van der Waals surface area (Å²) in [6.45, 7) is 0.580. The topological polar surface area (TPSA) is 59.4 Å². The van der Waals surface area contributed by atoms with Gasteiger partial charge in [-0.2, -0.15) is 0 Å². The van der Waals surface area contributed by atoms with Crippen LogP contribution < -0.4 is 4.74 Å². The molecule has 19 heavy (non-hydrogen) atoms. The van der Waals surface area contributed by atoms with Crippen molar-refractivity contribution in [3.63, 3.8) is 0 Å². The number of hydrogen-bond donors (Lipinski definition) is 1. The van der Waals surface area contributed by atoms with E-state index in [0.717, 1.165) is 42.9 Å². The second-order valence-electron chi connectivity index (χ2n) is 5.54. The lowest BCUT2D eigenvalue weighted by molar-refractivity contribution is 0.0690. The molecule has 0 aliphatic heterocycles. The zero-order chi connectivity index (χ0) is 13.2. The summed E-state index contributed by atoms with van der Waals surface area (Å²) in [5, 5.41) is 9.24. The SMILES string of the molecule is O=C(O)c1cc2c(nc1OCCC1CCC1)CCC2. The van der Waals surface area contributed by atoms with Crippen LogP contribution in [0.3, 0.4) is 0 Å². The zero-order valence-electron chi connectivity index (χ0n) is 11.0. The minimum atomic E-state index is -0.944. The highest BCUT2D eigenvalue weighted by molar-refractivity contribution is 5.90. The first kappa shape index (κ1) is 12.5. The molecule has 2 aliphatic carbocycles. The Hall–Kier alpha value is -1.58. The number of hydrogen-bond acceptors (Lipinski definition) is 3. The third-order valence-corrected chi connectivity index (χ3v) is 4.24. The van der Waals surface area contributed by atoms with E-state index in [4.69, 9.17) is 4.74 Å². The van der Waals surface area contributed by atoms with Gasteiger partial charge in [-0.25, -0.2) is 9.78 Å². The van der Waals surface area contributed by atoms with Crippen molar-refractivity contribution in [3.05, 3.63) is 22.9 Å². The molecule has 1 saturated carbocycles. The van der Waals surface area contributed by atoms with Gasteiger partial charge >= 0.3 is 5.97 Å².